The van der Waals surface area contributed by atoms with Crippen LogP contribution in [0.1, 0.15) is 0 Å². The number of sulfone groups is 1. The lowest BCUT2D eigenvalue weighted by Crippen LogP contribution is -2.41. The minimum absolute atomic E-state index is 0. The zero-order chi connectivity index (χ0) is 9.19. The number of aliphatic hydroxyl groups excluding tert-OH is 1. The van der Waals surface area contributed by atoms with Crippen molar-refractivity contribution in [2.24, 2.45) is 5.73 Å². The summed E-state index contributed by atoms with van der Waals surface area (Å²) in [6.07, 6.45) is -0.776. The summed E-state index contributed by atoms with van der Waals surface area (Å²) in [4.78, 5) is 0. The second-order valence-electron chi connectivity index (χ2n) is 2.99. The van der Waals surface area contributed by atoms with E-state index in [1.165, 1.54) is 0 Å². The van der Waals surface area contributed by atoms with Gasteiger partial charge in [0.2, 0.25) is 0 Å². The average molecular weight is 231 g/mol. The normalized spacial score (nSPS) is 31.2. The van der Waals surface area contributed by atoms with Crippen molar-refractivity contribution < 1.29 is 13.5 Å². The Morgan fingerprint density at radius 2 is 2.08 bits per heavy atom. The van der Waals surface area contributed by atoms with Gasteiger partial charge in [-0.2, -0.15) is 0 Å². The Kier molecular flexibility index (Phi) is 5.16. The molecule has 1 aliphatic rings. The maximum absolute atomic E-state index is 11.0. The van der Waals surface area contributed by atoms with Crippen molar-refractivity contribution in [3.63, 3.8) is 0 Å². The monoisotopic (exact) mass is 230 g/mol. The van der Waals surface area contributed by atoms with Crippen LogP contribution in [0.4, 0.5) is 0 Å². The quantitative estimate of drug-likeness (QED) is 0.528. The lowest BCUT2D eigenvalue weighted by Gasteiger charge is -2.13. The largest absolute Gasteiger partial charge is 0.390 e. The van der Waals surface area contributed by atoms with E-state index < -0.39 is 15.9 Å². The van der Waals surface area contributed by atoms with Gasteiger partial charge in [0.15, 0.2) is 9.84 Å². The minimum atomic E-state index is -3.03. The van der Waals surface area contributed by atoms with E-state index in [1.807, 2.05) is 0 Å². The van der Waals surface area contributed by atoms with Crippen LogP contribution < -0.4 is 11.1 Å². The van der Waals surface area contributed by atoms with Gasteiger partial charge in [-0.15, -0.1) is 12.4 Å². The molecule has 0 aliphatic carbocycles. The molecule has 0 amide bonds. The van der Waals surface area contributed by atoms with E-state index in [1.54, 1.807) is 0 Å². The van der Waals surface area contributed by atoms with Crippen LogP contribution in [0.2, 0.25) is 0 Å². The third kappa shape index (κ3) is 3.78. The van der Waals surface area contributed by atoms with Gasteiger partial charge < -0.3 is 16.2 Å². The van der Waals surface area contributed by atoms with E-state index in [-0.39, 0.29) is 30.0 Å². The molecule has 13 heavy (non-hydrogen) atoms. The number of aliphatic hydroxyl groups is 1. The Hall–Kier alpha value is 0.120. The molecule has 0 radical (unpaired) electrons. The highest BCUT2D eigenvalue weighted by atomic mass is 35.5. The molecular weight excluding hydrogens is 216 g/mol. The number of halogens is 1. The lowest BCUT2D eigenvalue weighted by atomic mass is 10.2. The summed E-state index contributed by atoms with van der Waals surface area (Å²) in [6, 6.07) is -0.335. The van der Waals surface area contributed by atoms with Gasteiger partial charge in [-0.1, -0.05) is 0 Å². The summed E-state index contributed by atoms with van der Waals surface area (Å²) in [7, 11) is -3.03. The van der Waals surface area contributed by atoms with Gasteiger partial charge in [0.05, 0.1) is 17.6 Å². The molecule has 1 aliphatic heterocycles. The first-order valence-electron chi connectivity index (χ1n) is 3.87. The second kappa shape index (κ2) is 5.11. The van der Waals surface area contributed by atoms with Gasteiger partial charge in [-0.25, -0.2) is 8.42 Å². The van der Waals surface area contributed by atoms with E-state index in [2.05, 4.69) is 5.32 Å². The number of nitrogens with one attached hydrogen (secondary N) is 1. The Bertz CT molecular complexity index is 244. The summed E-state index contributed by atoms with van der Waals surface area (Å²) in [5, 5.41) is 12.2. The van der Waals surface area contributed by atoms with Crippen LogP contribution in [0, 0.1) is 0 Å². The molecule has 0 aromatic rings. The molecule has 0 aromatic carbocycles. The maximum atomic E-state index is 11.0. The van der Waals surface area contributed by atoms with Crippen molar-refractivity contribution in [1.82, 2.24) is 5.32 Å². The van der Waals surface area contributed by atoms with Crippen LogP contribution in [-0.4, -0.2) is 50.3 Å². The molecule has 0 spiro atoms. The highest BCUT2D eigenvalue weighted by Crippen LogP contribution is 2.11. The molecule has 0 saturated carbocycles. The average Bonchev–Trinajstić information content (AvgIpc) is 2.20. The highest BCUT2D eigenvalue weighted by Gasteiger charge is 2.35. The Morgan fingerprint density at radius 3 is 2.46 bits per heavy atom. The molecule has 5 nitrogen and oxygen atoms in total. The molecule has 1 rings (SSSR count). The van der Waals surface area contributed by atoms with Crippen molar-refractivity contribution in [3.05, 3.63) is 0 Å². The van der Waals surface area contributed by atoms with Gasteiger partial charge in [-0.3, -0.25) is 0 Å². The SMILES string of the molecule is Cl.NCCNC1CS(=O)(=O)CC1O. The first kappa shape index (κ1) is 13.1. The van der Waals surface area contributed by atoms with Crippen molar-refractivity contribution >= 4 is 22.2 Å². The zero-order valence-corrected chi connectivity index (χ0v) is 8.77. The molecule has 2 unspecified atom stereocenters. The molecule has 4 N–H and O–H groups in total. The molecule has 0 aromatic heterocycles. The van der Waals surface area contributed by atoms with Crippen LogP contribution in [0.25, 0.3) is 0 Å². The smallest absolute Gasteiger partial charge is 0.154 e. The number of hydrogen-bond acceptors (Lipinski definition) is 5. The molecule has 7 heteroatoms. The van der Waals surface area contributed by atoms with Crippen molar-refractivity contribution in [2.45, 2.75) is 12.1 Å². The van der Waals surface area contributed by atoms with Crippen LogP contribution in [0.5, 0.6) is 0 Å². The fraction of sp³-hybridized carbons (Fsp3) is 1.00. The molecule has 1 saturated heterocycles. The van der Waals surface area contributed by atoms with Crippen molar-refractivity contribution in [2.75, 3.05) is 24.6 Å². The fourth-order valence-electron chi connectivity index (χ4n) is 1.29. The summed E-state index contributed by atoms with van der Waals surface area (Å²) in [5.41, 5.74) is 5.23. The van der Waals surface area contributed by atoms with Crippen LogP contribution in [0.3, 0.4) is 0 Å². The minimum Gasteiger partial charge on any atom is -0.390 e. The van der Waals surface area contributed by atoms with Crippen LogP contribution in [0.15, 0.2) is 0 Å². The van der Waals surface area contributed by atoms with E-state index in [4.69, 9.17) is 5.73 Å². The van der Waals surface area contributed by atoms with E-state index in [0.29, 0.717) is 13.1 Å². The fourth-order valence-corrected chi connectivity index (χ4v) is 3.07. The molecule has 0 bridgehead atoms. The predicted molar refractivity (Wildman–Crippen MR) is 52.8 cm³/mol. The maximum Gasteiger partial charge on any atom is 0.154 e. The Morgan fingerprint density at radius 1 is 1.46 bits per heavy atom. The summed E-state index contributed by atoms with van der Waals surface area (Å²) < 4.78 is 22.0. The van der Waals surface area contributed by atoms with E-state index in [9.17, 15) is 13.5 Å². The van der Waals surface area contributed by atoms with Crippen molar-refractivity contribution in [1.29, 1.82) is 0 Å². The molecule has 1 fully saturated rings. The summed E-state index contributed by atoms with van der Waals surface area (Å²) in [6.45, 7) is 0.987. The predicted octanol–water partition coefficient (Wildman–Crippen LogP) is -1.89. The second-order valence-corrected chi connectivity index (χ2v) is 5.15. The van der Waals surface area contributed by atoms with Crippen LogP contribution in [-0.2, 0) is 9.84 Å². The standard InChI is InChI=1S/C6H14N2O3S.ClH/c7-1-2-8-5-3-12(10,11)4-6(5)9;/h5-6,8-9H,1-4,7H2;1H. The molecular formula is C6H15ClN2O3S. The van der Waals surface area contributed by atoms with Crippen molar-refractivity contribution in [3.8, 4) is 0 Å². The number of rotatable bonds is 3. The van der Waals surface area contributed by atoms with Gasteiger partial charge in [-0.05, 0) is 0 Å². The van der Waals surface area contributed by atoms with Gasteiger partial charge in [0.1, 0.15) is 0 Å². The van der Waals surface area contributed by atoms with Gasteiger partial charge >= 0.3 is 0 Å². The van der Waals surface area contributed by atoms with E-state index in [0.717, 1.165) is 0 Å². The Balaban J connectivity index is 0.00000144. The highest BCUT2D eigenvalue weighted by molar-refractivity contribution is 7.91. The third-order valence-electron chi connectivity index (χ3n) is 1.87. The number of nitrogens with two attached hydrogens (primary N) is 1. The first-order valence-corrected chi connectivity index (χ1v) is 5.69. The molecule has 1 heterocycles. The van der Waals surface area contributed by atoms with Gasteiger partial charge in [0.25, 0.3) is 0 Å². The molecule has 80 valence electrons. The van der Waals surface area contributed by atoms with Gasteiger partial charge in [0, 0.05) is 19.1 Å². The lowest BCUT2D eigenvalue weighted by molar-refractivity contribution is 0.167. The van der Waals surface area contributed by atoms with E-state index >= 15 is 0 Å². The zero-order valence-electron chi connectivity index (χ0n) is 7.14. The number of hydrogen-bond donors (Lipinski definition) is 3. The Labute approximate surface area is 84.0 Å². The van der Waals surface area contributed by atoms with Crippen LogP contribution >= 0.6 is 12.4 Å². The first-order chi connectivity index (χ1) is 5.55. The summed E-state index contributed by atoms with van der Waals surface area (Å²) >= 11 is 0. The topological polar surface area (TPSA) is 92.4 Å². The molecule has 2 atom stereocenters. The summed E-state index contributed by atoms with van der Waals surface area (Å²) in [5.74, 6) is -0.108. The third-order valence-corrected chi connectivity index (χ3v) is 3.59.